The van der Waals surface area contributed by atoms with Crippen molar-refractivity contribution < 1.29 is 19.8 Å². The van der Waals surface area contributed by atoms with Gasteiger partial charge in [0.1, 0.15) is 11.1 Å². The van der Waals surface area contributed by atoms with E-state index in [4.69, 9.17) is 5.11 Å². The number of aliphatic hydroxyl groups is 1. The molecule has 0 spiro atoms. The van der Waals surface area contributed by atoms with Gasteiger partial charge in [0.15, 0.2) is 0 Å². The predicted molar refractivity (Wildman–Crippen MR) is 100 cm³/mol. The van der Waals surface area contributed by atoms with Crippen molar-refractivity contribution in [2.24, 2.45) is 0 Å². The highest BCUT2D eigenvalue weighted by Gasteiger charge is 2.38. The van der Waals surface area contributed by atoms with Crippen LogP contribution in [-0.4, -0.2) is 69.2 Å². The van der Waals surface area contributed by atoms with Gasteiger partial charge in [-0.1, -0.05) is 0 Å². The Morgan fingerprint density at radius 1 is 1.33 bits per heavy atom. The zero-order chi connectivity index (χ0) is 19.6. The van der Waals surface area contributed by atoms with Crippen LogP contribution >= 0.6 is 0 Å². The molecule has 0 radical (unpaired) electrons. The van der Waals surface area contributed by atoms with E-state index in [1.165, 1.54) is 4.90 Å². The standard InChI is InChI=1S/C19H22N4O4/c1-13-3-4-14-18(21-13)15(7-9-20-14)23-10-8-19(27,12-23)11-22(2)16(24)5-6-17(25)26/h3-7,9,27H,8,10-12H2,1-2H3,(H,25,26). The number of aliphatic carboxylic acids is 1. The number of fused-ring (bicyclic) bond motifs is 1. The second kappa shape index (κ2) is 7.32. The molecule has 2 aromatic heterocycles. The molecule has 2 aromatic rings. The van der Waals surface area contributed by atoms with Gasteiger partial charge in [-0.3, -0.25) is 9.78 Å². The third kappa shape index (κ3) is 4.22. The van der Waals surface area contributed by atoms with E-state index in [1.807, 2.05) is 30.0 Å². The predicted octanol–water partition coefficient (Wildman–Crippen LogP) is 0.979. The zero-order valence-corrected chi connectivity index (χ0v) is 15.3. The molecule has 1 amide bonds. The number of β-amino-alcohol motifs (C(OH)–C–C–N with tert-alkyl or cyclic N) is 1. The van der Waals surface area contributed by atoms with Crippen LogP contribution in [0.2, 0.25) is 0 Å². The van der Waals surface area contributed by atoms with Gasteiger partial charge in [-0.15, -0.1) is 0 Å². The van der Waals surface area contributed by atoms with E-state index < -0.39 is 17.5 Å². The minimum atomic E-state index is -1.19. The Morgan fingerprint density at radius 3 is 2.85 bits per heavy atom. The van der Waals surface area contributed by atoms with Crippen molar-refractivity contribution in [1.82, 2.24) is 14.9 Å². The van der Waals surface area contributed by atoms with Crippen LogP contribution in [0.5, 0.6) is 0 Å². The number of likely N-dealkylation sites (N-methyl/N-ethyl adjacent to an activating group) is 1. The maximum absolute atomic E-state index is 12.0. The highest BCUT2D eigenvalue weighted by molar-refractivity contribution is 5.93. The Bertz CT molecular complexity index is 914. The lowest BCUT2D eigenvalue weighted by Crippen LogP contribution is -2.45. The fourth-order valence-corrected chi connectivity index (χ4v) is 3.34. The van der Waals surface area contributed by atoms with Crippen LogP contribution in [0.4, 0.5) is 5.69 Å². The summed E-state index contributed by atoms with van der Waals surface area (Å²) in [6, 6.07) is 5.71. The summed E-state index contributed by atoms with van der Waals surface area (Å²) in [5.41, 5.74) is 2.29. The number of rotatable bonds is 5. The Labute approximate surface area is 156 Å². The van der Waals surface area contributed by atoms with Crippen LogP contribution in [0.25, 0.3) is 11.0 Å². The molecule has 1 unspecified atom stereocenters. The number of hydrogen-bond acceptors (Lipinski definition) is 6. The second-order valence-electron chi connectivity index (χ2n) is 6.91. The van der Waals surface area contributed by atoms with Crippen LogP contribution in [0, 0.1) is 6.92 Å². The number of carboxylic acid groups (broad SMARTS) is 1. The number of carbonyl (C=O) groups excluding carboxylic acids is 1. The van der Waals surface area contributed by atoms with Gasteiger partial charge in [-0.25, -0.2) is 9.78 Å². The first-order valence-electron chi connectivity index (χ1n) is 8.63. The van der Waals surface area contributed by atoms with Gasteiger partial charge in [0.2, 0.25) is 5.91 Å². The average molecular weight is 370 g/mol. The number of aryl methyl sites for hydroxylation is 1. The molecule has 0 saturated carbocycles. The minimum Gasteiger partial charge on any atom is -0.478 e. The van der Waals surface area contributed by atoms with Crippen molar-refractivity contribution in [3.63, 3.8) is 0 Å². The maximum Gasteiger partial charge on any atom is 0.328 e. The van der Waals surface area contributed by atoms with Gasteiger partial charge in [0, 0.05) is 44.2 Å². The Hall–Kier alpha value is -3.00. The second-order valence-corrected chi connectivity index (χ2v) is 6.91. The molecule has 3 heterocycles. The molecule has 0 aromatic carbocycles. The first-order chi connectivity index (χ1) is 12.8. The van der Waals surface area contributed by atoms with Gasteiger partial charge in [-0.05, 0) is 31.5 Å². The van der Waals surface area contributed by atoms with E-state index in [2.05, 4.69) is 9.97 Å². The summed E-state index contributed by atoms with van der Waals surface area (Å²) in [6.07, 6.45) is 3.99. The zero-order valence-electron chi connectivity index (χ0n) is 15.3. The van der Waals surface area contributed by atoms with E-state index in [9.17, 15) is 14.7 Å². The lowest BCUT2D eigenvalue weighted by atomic mass is 10.0. The van der Waals surface area contributed by atoms with E-state index >= 15 is 0 Å². The van der Waals surface area contributed by atoms with Crippen LogP contribution in [0.15, 0.2) is 36.5 Å². The summed E-state index contributed by atoms with van der Waals surface area (Å²) >= 11 is 0. The first-order valence-corrected chi connectivity index (χ1v) is 8.63. The van der Waals surface area contributed by atoms with Gasteiger partial charge in [-0.2, -0.15) is 0 Å². The normalized spacial score (nSPS) is 19.7. The van der Waals surface area contributed by atoms with Crippen molar-refractivity contribution in [1.29, 1.82) is 0 Å². The minimum absolute atomic E-state index is 0.113. The summed E-state index contributed by atoms with van der Waals surface area (Å²) < 4.78 is 0. The summed E-state index contributed by atoms with van der Waals surface area (Å²) in [6.45, 7) is 3.00. The molecule has 2 N–H and O–H groups in total. The Balaban J connectivity index is 1.75. The fraction of sp³-hybridized carbons (Fsp3) is 0.368. The number of anilines is 1. The van der Waals surface area contributed by atoms with Crippen LogP contribution in [0.3, 0.4) is 0 Å². The number of carboxylic acids is 1. The third-order valence-electron chi connectivity index (χ3n) is 4.65. The molecule has 8 nitrogen and oxygen atoms in total. The third-order valence-corrected chi connectivity index (χ3v) is 4.65. The molecule has 0 aliphatic carbocycles. The fourth-order valence-electron chi connectivity index (χ4n) is 3.34. The Morgan fingerprint density at radius 2 is 2.11 bits per heavy atom. The molecular weight excluding hydrogens is 348 g/mol. The molecule has 1 atom stereocenters. The molecule has 27 heavy (non-hydrogen) atoms. The summed E-state index contributed by atoms with van der Waals surface area (Å²) in [4.78, 5) is 34.8. The van der Waals surface area contributed by atoms with Crippen molar-refractivity contribution in [3.05, 3.63) is 42.2 Å². The SMILES string of the molecule is Cc1ccc2nccc(N3CCC(O)(CN(C)C(=O)C=CC(=O)O)C3)c2n1. The summed E-state index contributed by atoms with van der Waals surface area (Å²) in [7, 11) is 1.54. The summed E-state index contributed by atoms with van der Waals surface area (Å²) in [5.74, 6) is -1.65. The molecular formula is C19H22N4O4. The van der Waals surface area contributed by atoms with E-state index in [-0.39, 0.29) is 6.54 Å². The molecule has 142 valence electrons. The smallest absolute Gasteiger partial charge is 0.328 e. The number of carbonyl (C=O) groups is 2. The quantitative estimate of drug-likeness (QED) is 0.756. The van der Waals surface area contributed by atoms with E-state index in [1.54, 1.807) is 13.2 Å². The van der Waals surface area contributed by atoms with Crippen molar-refractivity contribution in [3.8, 4) is 0 Å². The van der Waals surface area contributed by atoms with E-state index in [0.717, 1.165) is 34.6 Å². The van der Waals surface area contributed by atoms with Gasteiger partial charge >= 0.3 is 5.97 Å². The largest absolute Gasteiger partial charge is 0.478 e. The number of hydrogen-bond donors (Lipinski definition) is 2. The first kappa shape index (κ1) is 18.8. The van der Waals surface area contributed by atoms with Gasteiger partial charge in [0.05, 0.1) is 17.7 Å². The lowest BCUT2D eigenvalue weighted by molar-refractivity contribution is -0.132. The molecule has 8 heteroatoms. The molecule has 3 rings (SSSR count). The maximum atomic E-state index is 12.0. The Kier molecular flexibility index (Phi) is 5.09. The van der Waals surface area contributed by atoms with Crippen LogP contribution in [0.1, 0.15) is 12.1 Å². The monoisotopic (exact) mass is 370 g/mol. The topological polar surface area (TPSA) is 107 Å². The molecule has 1 aliphatic heterocycles. The number of amides is 1. The number of pyridine rings is 2. The highest BCUT2D eigenvalue weighted by atomic mass is 16.4. The van der Waals surface area contributed by atoms with E-state index in [0.29, 0.717) is 19.5 Å². The highest BCUT2D eigenvalue weighted by Crippen LogP contribution is 2.31. The van der Waals surface area contributed by atoms with Crippen molar-refractivity contribution >= 4 is 28.6 Å². The van der Waals surface area contributed by atoms with Crippen molar-refractivity contribution in [2.75, 3.05) is 31.6 Å². The van der Waals surface area contributed by atoms with Gasteiger partial charge in [0.25, 0.3) is 0 Å². The molecule has 1 fully saturated rings. The van der Waals surface area contributed by atoms with Crippen LogP contribution < -0.4 is 4.90 Å². The summed E-state index contributed by atoms with van der Waals surface area (Å²) in [5, 5.41) is 19.6. The molecule has 0 bridgehead atoms. The number of aromatic nitrogens is 2. The molecule has 1 aliphatic rings. The average Bonchev–Trinajstić information content (AvgIpc) is 3.00. The van der Waals surface area contributed by atoms with Gasteiger partial charge < -0.3 is 20.0 Å². The number of nitrogens with zero attached hydrogens (tertiary/aromatic N) is 4. The lowest BCUT2D eigenvalue weighted by Gasteiger charge is -2.29. The molecule has 1 saturated heterocycles. The van der Waals surface area contributed by atoms with Crippen LogP contribution in [-0.2, 0) is 9.59 Å². The van der Waals surface area contributed by atoms with Crippen molar-refractivity contribution in [2.45, 2.75) is 18.9 Å².